The van der Waals surface area contributed by atoms with Crippen molar-refractivity contribution < 1.29 is 0 Å². The maximum Gasteiger partial charge on any atom is 0.0402 e. The standard InChI is InChI=1S/C23H36N2/c1-2-3-6-15-24-16-18-25(19-17-24)22-8-5-4-7-21(22)20-9-11-23(12-10-20)13-14-23/h4-5,7-8,20H,2-3,6,9-19H2,1H3. The summed E-state index contributed by atoms with van der Waals surface area (Å²) in [6, 6.07) is 9.33. The van der Waals surface area contributed by atoms with Crippen molar-refractivity contribution in [2.45, 2.75) is 70.6 Å². The van der Waals surface area contributed by atoms with Crippen LogP contribution in [0.2, 0.25) is 0 Å². The number of benzene rings is 1. The van der Waals surface area contributed by atoms with Crippen molar-refractivity contribution in [1.29, 1.82) is 0 Å². The predicted molar refractivity (Wildman–Crippen MR) is 107 cm³/mol. The van der Waals surface area contributed by atoms with Crippen LogP contribution in [-0.4, -0.2) is 37.6 Å². The highest BCUT2D eigenvalue weighted by atomic mass is 15.3. The van der Waals surface area contributed by atoms with E-state index in [1.807, 2.05) is 0 Å². The number of piperazine rings is 1. The lowest BCUT2D eigenvalue weighted by atomic mass is 9.76. The predicted octanol–water partition coefficient (Wildman–Crippen LogP) is 5.44. The van der Waals surface area contributed by atoms with E-state index in [1.165, 1.54) is 90.5 Å². The zero-order chi connectivity index (χ0) is 17.1. The highest BCUT2D eigenvalue weighted by molar-refractivity contribution is 5.55. The molecule has 0 N–H and O–H groups in total. The van der Waals surface area contributed by atoms with Crippen LogP contribution in [0.5, 0.6) is 0 Å². The Balaban J connectivity index is 1.36. The number of hydrogen-bond acceptors (Lipinski definition) is 2. The Kier molecular flexibility index (Phi) is 5.36. The van der Waals surface area contributed by atoms with Crippen LogP contribution in [-0.2, 0) is 0 Å². The summed E-state index contributed by atoms with van der Waals surface area (Å²) in [5, 5.41) is 0. The summed E-state index contributed by atoms with van der Waals surface area (Å²) in [4.78, 5) is 5.35. The van der Waals surface area contributed by atoms with Gasteiger partial charge in [0.25, 0.3) is 0 Å². The van der Waals surface area contributed by atoms with Crippen LogP contribution in [0.15, 0.2) is 24.3 Å². The van der Waals surface area contributed by atoms with Crippen molar-refractivity contribution in [2.24, 2.45) is 5.41 Å². The molecule has 4 rings (SSSR count). The lowest BCUT2D eigenvalue weighted by Crippen LogP contribution is -2.47. The zero-order valence-electron chi connectivity index (χ0n) is 16.2. The highest BCUT2D eigenvalue weighted by Gasteiger charge is 2.45. The molecule has 1 aromatic rings. The SMILES string of the molecule is CCCCCN1CCN(c2ccccc2C2CCC3(CC2)CC3)CC1. The van der Waals surface area contributed by atoms with Gasteiger partial charge < -0.3 is 4.90 Å². The largest absolute Gasteiger partial charge is 0.369 e. The Bertz CT molecular complexity index is 545. The average molecular weight is 341 g/mol. The molecule has 0 unspecified atom stereocenters. The Morgan fingerprint density at radius 2 is 1.64 bits per heavy atom. The number of unbranched alkanes of at least 4 members (excludes halogenated alkanes) is 2. The fourth-order valence-electron chi connectivity index (χ4n) is 5.14. The number of nitrogens with zero attached hydrogens (tertiary/aromatic N) is 2. The van der Waals surface area contributed by atoms with Gasteiger partial charge in [-0.15, -0.1) is 0 Å². The van der Waals surface area contributed by atoms with Crippen LogP contribution in [0, 0.1) is 5.41 Å². The van der Waals surface area contributed by atoms with E-state index in [4.69, 9.17) is 0 Å². The van der Waals surface area contributed by atoms with Gasteiger partial charge in [0.2, 0.25) is 0 Å². The summed E-state index contributed by atoms with van der Waals surface area (Å²) in [5.41, 5.74) is 4.00. The Labute approximate surface area is 154 Å². The monoisotopic (exact) mass is 340 g/mol. The van der Waals surface area contributed by atoms with E-state index >= 15 is 0 Å². The molecule has 3 fully saturated rings. The summed E-state index contributed by atoms with van der Waals surface area (Å²) in [6.07, 6.45) is 12.9. The molecule has 2 aliphatic carbocycles. The number of anilines is 1. The summed E-state index contributed by atoms with van der Waals surface area (Å²) in [7, 11) is 0. The third-order valence-electron chi connectivity index (χ3n) is 7.17. The van der Waals surface area contributed by atoms with E-state index < -0.39 is 0 Å². The quantitative estimate of drug-likeness (QED) is 0.637. The van der Waals surface area contributed by atoms with E-state index in [-0.39, 0.29) is 0 Å². The van der Waals surface area contributed by atoms with Gasteiger partial charge in [-0.05, 0) is 74.5 Å². The Hall–Kier alpha value is -1.02. The van der Waals surface area contributed by atoms with Crippen LogP contribution in [0.25, 0.3) is 0 Å². The number of rotatable bonds is 6. The van der Waals surface area contributed by atoms with E-state index in [2.05, 4.69) is 41.0 Å². The molecule has 1 spiro atoms. The van der Waals surface area contributed by atoms with Crippen LogP contribution in [0.3, 0.4) is 0 Å². The molecule has 0 atom stereocenters. The van der Waals surface area contributed by atoms with Crippen molar-refractivity contribution in [3.05, 3.63) is 29.8 Å². The minimum atomic E-state index is 0.801. The first-order valence-electron chi connectivity index (χ1n) is 10.9. The van der Waals surface area contributed by atoms with Crippen molar-refractivity contribution >= 4 is 5.69 Å². The van der Waals surface area contributed by atoms with Gasteiger partial charge >= 0.3 is 0 Å². The van der Waals surface area contributed by atoms with E-state index in [0.717, 1.165) is 11.3 Å². The number of hydrogen-bond donors (Lipinski definition) is 0. The van der Waals surface area contributed by atoms with Crippen LogP contribution >= 0.6 is 0 Å². The van der Waals surface area contributed by atoms with E-state index in [9.17, 15) is 0 Å². The molecule has 0 amide bonds. The molecule has 1 saturated heterocycles. The molecule has 0 bridgehead atoms. The van der Waals surface area contributed by atoms with Gasteiger partial charge in [-0.1, -0.05) is 38.0 Å². The molecular formula is C23H36N2. The summed E-state index contributed by atoms with van der Waals surface area (Å²) >= 11 is 0. The maximum atomic E-state index is 2.67. The van der Waals surface area contributed by atoms with Gasteiger partial charge in [-0.3, -0.25) is 4.90 Å². The summed E-state index contributed by atoms with van der Waals surface area (Å²) < 4.78 is 0. The third-order valence-corrected chi connectivity index (χ3v) is 7.17. The summed E-state index contributed by atoms with van der Waals surface area (Å²) in [5.74, 6) is 0.810. The van der Waals surface area contributed by atoms with Gasteiger partial charge in [0, 0.05) is 31.9 Å². The lowest BCUT2D eigenvalue weighted by Gasteiger charge is -2.38. The lowest BCUT2D eigenvalue weighted by molar-refractivity contribution is 0.252. The van der Waals surface area contributed by atoms with Gasteiger partial charge in [0.05, 0.1) is 0 Å². The van der Waals surface area contributed by atoms with Crippen molar-refractivity contribution in [1.82, 2.24) is 4.90 Å². The minimum Gasteiger partial charge on any atom is -0.369 e. The van der Waals surface area contributed by atoms with Crippen molar-refractivity contribution in [2.75, 3.05) is 37.6 Å². The fourth-order valence-corrected chi connectivity index (χ4v) is 5.14. The second-order valence-corrected chi connectivity index (χ2v) is 8.87. The zero-order valence-corrected chi connectivity index (χ0v) is 16.2. The van der Waals surface area contributed by atoms with Gasteiger partial charge in [-0.2, -0.15) is 0 Å². The fraction of sp³-hybridized carbons (Fsp3) is 0.739. The topological polar surface area (TPSA) is 6.48 Å². The highest BCUT2D eigenvalue weighted by Crippen LogP contribution is 2.59. The smallest absolute Gasteiger partial charge is 0.0402 e. The second-order valence-electron chi connectivity index (χ2n) is 8.87. The molecule has 1 heterocycles. The Morgan fingerprint density at radius 3 is 2.32 bits per heavy atom. The van der Waals surface area contributed by atoms with Gasteiger partial charge in [0.15, 0.2) is 0 Å². The van der Waals surface area contributed by atoms with Crippen LogP contribution < -0.4 is 4.90 Å². The molecule has 1 aromatic carbocycles. The normalized spacial score (nSPS) is 24.0. The molecule has 2 nitrogen and oxygen atoms in total. The van der Waals surface area contributed by atoms with Crippen molar-refractivity contribution in [3.63, 3.8) is 0 Å². The van der Waals surface area contributed by atoms with E-state index in [0.29, 0.717) is 0 Å². The van der Waals surface area contributed by atoms with Gasteiger partial charge in [0.1, 0.15) is 0 Å². The van der Waals surface area contributed by atoms with Crippen molar-refractivity contribution in [3.8, 4) is 0 Å². The molecule has 138 valence electrons. The second kappa shape index (κ2) is 7.70. The molecule has 0 radical (unpaired) electrons. The minimum absolute atomic E-state index is 0.801. The first kappa shape index (κ1) is 17.4. The summed E-state index contributed by atoms with van der Waals surface area (Å²) in [6.45, 7) is 8.50. The number of para-hydroxylation sites is 1. The molecule has 2 saturated carbocycles. The molecule has 3 aliphatic rings. The average Bonchev–Trinajstić information content (AvgIpc) is 3.42. The first-order chi connectivity index (χ1) is 12.3. The third kappa shape index (κ3) is 4.05. The molecule has 25 heavy (non-hydrogen) atoms. The van der Waals surface area contributed by atoms with Crippen LogP contribution in [0.4, 0.5) is 5.69 Å². The van der Waals surface area contributed by atoms with Gasteiger partial charge in [-0.25, -0.2) is 0 Å². The maximum absolute atomic E-state index is 2.67. The van der Waals surface area contributed by atoms with Crippen LogP contribution in [0.1, 0.15) is 76.2 Å². The molecule has 2 heteroatoms. The molecular weight excluding hydrogens is 304 g/mol. The van der Waals surface area contributed by atoms with E-state index in [1.54, 1.807) is 11.3 Å². The first-order valence-corrected chi connectivity index (χ1v) is 10.9. The molecule has 0 aromatic heterocycles. The molecule has 1 aliphatic heterocycles. The Morgan fingerprint density at radius 1 is 0.920 bits per heavy atom.